The highest BCUT2D eigenvalue weighted by Crippen LogP contribution is 2.28. The normalized spacial score (nSPS) is 18.6. The van der Waals surface area contributed by atoms with Gasteiger partial charge in [-0.1, -0.05) is 6.42 Å². The van der Waals surface area contributed by atoms with Crippen LogP contribution in [0.5, 0.6) is 0 Å². The van der Waals surface area contributed by atoms with Gasteiger partial charge in [0.25, 0.3) is 5.69 Å². The molecule has 2 N–H and O–H groups in total. The number of carbonyl (C=O) groups excluding carboxylic acids is 1. The molecule has 1 amide bonds. The average molecular weight is 277 g/mol. The Morgan fingerprint density at radius 1 is 1.35 bits per heavy atom. The number of rotatable bonds is 3. The molecule has 1 atom stereocenters. The standard InChI is InChI=1S/C14H19N3O3/c1-9-7-12(13(17(19)20)8-10(9)2)16-14(18)11-5-3-4-6-15-11/h7-8,11,15H,3-6H2,1-2H3,(H,16,18)/t11-/m1/s1. The van der Waals surface area contributed by atoms with E-state index in [1.807, 2.05) is 13.8 Å². The van der Waals surface area contributed by atoms with Gasteiger partial charge in [-0.05, 0) is 50.4 Å². The third-order valence-corrected chi connectivity index (χ3v) is 3.69. The molecule has 1 saturated heterocycles. The second-order valence-corrected chi connectivity index (χ2v) is 5.20. The molecule has 1 aliphatic heterocycles. The molecule has 0 aromatic heterocycles. The van der Waals surface area contributed by atoms with Crippen molar-refractivity contribution in [3.8, 4) is 0 Å². The van der Waals surface area contributed by atoms with Crippen LogP contribution >= 0.6 is 0 Å². The predicted octanol–water partition coefficient (Wildman–Crippen LogP) is 2.29. The number of anilines is 1. The number of amides is 1. The van der Waals surface area contributed by atoms with Crippen LogP contribution in [0.2, 0.25) is 0 Å². The lowest BCUT2D eigenvalue weighted by Gasteiger charge is -2.22. The van der Waals surface area contributed by atoms with Crippen molar-refractivity contribution < 1.29 is 9.72 Å². The van der Waals surface area contributed by atoms with E-state index < -0.39 is 4.92 Å². The van der Waals surface area contributed by atoms with Gasteiger partial charge in [0, 0.05) is 6.07 Å². The second kappa shape index (κ2) is 6.00. The van der Waals surface area contributed by atoms with E-state index in [-0.39, 0.29) is 23.3 Å². The second-order valence-electron chi connectivity index (χ2n) is 5.20. The van der Waals surface area contributed by atoms with Crippen molar-refractivity contribution in [1.82, 2.24) is 5.32 Å². The van der Waals surface area contributed by atoms with E-state index in [0.29, 0.717) is 0 Å². The zero-order chi connectivity index (χ0) is 14.7. The summed E-state index contributed by atoms with van der Waals surface area (Å²) in [5.41, 5.74) is 1.97. The van der Waals surface area contributed by atoms with Gasteiger partial charge in [-0.15, -0.1) is 0 Å². The maximum atomic E-state index is 12.1. The number of nitro benzene ring substituents is 1. The van der Waals surface area contributed by atoms with E-state index in [4.69, 9.17) is 0 Å². The van der Waals surface area contributed by atoms with Gasteiger partial charge in [0.05, 0.1) is 11.0 Å². The van der Waals surface area contributed by atoms with Crippen LogP contribution in [-0.2, 0) is 4.79 Å². The molecule has 0 unspecified atom stereocenters. The van der Waals surface area contributed by atoms with Crippen LogP contribution in [0.25, 0.3) is 0 Å². The highest BCUT2D eigenvalue weighted by Gasteiger charge is 2.23. The number of hydrogen-bond acceptors (Lipinski definition) is 4. The summed E-state index contributed by atoms with van der Waals surface area (Å²) in [4.78, 5) is 22.8. The molecule has 0 saturated carbocycles. The van der Waals surface area contributed by atoms with Crippen molar-refractivity contribution in [2.45, 2.75) is 39.2 Å². The molecule has 0 radical (unpaired) electrons. The highest BCUT2D eigenvalue weighted by molar-refractivity contribution is 5.97. The molecule has 1 aromatic rings. The fraction of sp³-hybridized carbons (Fsp3) is 0.500. The van der Waals surface area contributed by atoms with E-state index in [0.717, 1.165) is 36.9 Å². The Bertz CT molecular complexity index is 537. The Morgan fingerprint density at radius 2 is 2.05 bits per heavy atom. The van der Waals surface area contributed by atoms with Gasteiger partial charge in [0.1, 0.15) is 5.69 Å². The van der Waals surface area contributed by atoms with Crippen molar-refractivity contribution in [2.75, 3.05) is 11.9 Å². The summed E-state index contributed by atoms with van der Waals surface area (Å²) in [6, 6.07) is 2.90. The number of nitrogens with zero attached hydrogens (tertiary/aromatic N) is 1. The van der Waals surface area contributed by atoms with E-state index in [1.165, 1.54) is 6.07 Å². The maximum absolute atomic E-state index is 12.1. The summed E-state index contributed by atoms with van der Waals surface area (Å²) in [6.45, 7) is 4.50. The molecule has 1 aliphatic rings. The number of benzene rings is 1. The van der Waals surface area contributed by atoms with Gasteiger partial charge < -0.3 is 10.6 Å². The van der Waals surface area contributed by atoms with Crippen molar-refractivity contribution >= 4 is 17.3 Å². The van der Waals surface area contributed by atoms with Crippen LogP contribution in [-0.4, -0.2) is 23.4 Å². The van der Waals surface area contributed by atoms with Crippen molar-refractivity contribution in [1.29, 1.82) is 0 Å². The topological polar surface area (TPSA) is 84.3 Å². The molecule has 6 heteroatoms. The molecular weight excluding hydrogens is 258 g/mol. The van der Waals surface area contributed by atoms with Crippen molar-refractivity contribution in [3.05, 3.63) is 33.4 Å². The molecule has 1 heterocycles. The summed E-state index contributed by atoms with van der Waals surface area (Å²) >= 11 is 0. The van der Waals surface area contributed by atoms with Gasteiger partial charge in [0.2, 0.25) is 5.91 Å². The Hall–Kier alpha value is -1.95. The lowest BCUT2D eigenvalue weighted by Crippen LogP contribution is -2.43. The number of hydrogen-bond donors (Lipinski definition) is 2. The van der Waals surface area contributed by atoms with E-state index in [9.17, 15) is 14.9 Å². The number of nitro groups is 1. The summed E-state index contributed by atoms with van der Waals surface area (Å²) in [5, 5.41) is 16.9. The largest absolute Gasteiger partial charge is 0.319 e. The third kappa shape index (κ3) is 3.14. The first-order chi connectivity index (χ1) is 9.49. The first-order valence-electron chi connectivity index (χ1n) is 6.79. The van der Waals surface area contributed by atoms with Crippen LogP contribution in [0.1, 0.15) is 30.4 Å². The summed E-state index contributed by atoms with van der Waals surface area (Å²) in [5.74, 6) is -0.198. The highest BCUT2D eigenvalue weighted by atomic mass is 16.6. The Balaban J connectivity index is 2.21. The zero-order valence-electron chi connectivity index (χ0n) is 11.7. The Labute approximate surface area is 117 Å². The first kappa shape index (κ1) is 14.5. The quantitative estimate of drug-likeness (QED) is 0.655. The SMILES string of the molecule is Cc1cc(NC(=O)[C@H]2CCCCN2)c([N+](=O)[O-])cc1C. The zero-order valence-corrected chi connectivity index (χ0v) is 11.7. The van der Waals surface area contributed by atoms with Gasteiger partial charge in [-0.2, -0.15) is 0 Å². The Morgan fingerprint density at radius 3 is 2.65 bits per heavy atom. The van der Waals surface area contributed by atoms with Crippen molar-refractivity contribution in [2.24, 2.45) is 0 Å². The lowest BCUT2D eigenvalue weighted by molar-refractivity contribution is -0.384. The molecule has 6 nitrogen and oxygen atoms in total. The smallest absolute Gasteiger partial charge is 0.293 e. The maximum Gasteiger partial charge on any atom is 0.293 e. The summed E-state index contributed by atoms with van der Waals surface area (Å²) in [7, 11) is 0. The molecule has 1 fully saturated rings. The minimum atomic E-state index is -0.462. The number of aryl methyl sites for hydroxylation is 2. The molecule has 2 rings (SSSR count). The van der Waals surface area contributed by atoms with E-state index in [1.54, 1.807) is 6.07 Å². The lowest BCUT2D eigenvalue weighted by atomic mass is 10.0. The summed E-state index contributed by atoms with van der Waals surface area (Å²) < 4.78 is 0. The van der Waals surface area contributed by atoms with E-state index >= 15 is 0 Å². The third-order valence-electron chi connectivity index (χ3n) is 3.69. The van der Waals surface area contributed by atoms with Gasteiger partial charge in [-0.25, -0.2) is 0 Å². The van der Waals surface area contributed by atoms with E-state index in [2.05, 4.69) is 10.6 Å². The molecule has 1 aromatic carbocycles. The van der Waals surface area contributed by atoms with Crippen molar-refractivity contribution in [3.63, 3.8) is 0 Å². The van der Waals surface area contributed by atoms with Gasteiger partial charge >= 0.3 is 0 Å². The first-order valence-corrected chi connectivity index (χ1v) is 6.79. The fourth-order valence-electron chi connectivity index (χ4n) is 2.35. The molecule has 108 valence electrons. The van der Waals surface area contributed by atoms with Crippen LogP contribution in [0.3, 0.4) is 0 Å². The summed E-state index contributed by atoms with van der Waals surface area (Å²) in [6.07, 6.45) is 2.83. The molecular formula is C14H19N3O3. The van der Waals surface area contributed by atoms with Gasteiger partial charge in [0.15, 0.2) is 0 Å². The average Bonchev–Trinajstić information content (AvgIpc) is 2.43. The van der Waals surface area contributed by atoms with Crippen LogP contribution in [0.4, 0.5) is 11.4 Å². The molecule has 20 heavy (non-hydrogen) atoms. The van der Waals surface area contributed by atoms with Crippen LogP contribution in [0.15, 0.2) is 12.1 Å². The van der Waals surface area contributed by atoms with Gasteiger partial charge in [-0.3, -0.25) is 14.9 Å². The predicted molar refractivity (Wildman–Crippen MR) is 76.8 cm³/mol. The monoisotopic (exact) mass is 277 g/mol. The number of carbonyl (C=O) groups is 1. The Kier molecular flexibility index (Phi) is 4.34. The number of piperidine rings is 1. The molecule has 0 bridgehead atoms. The minimum Gasteiger partial charge on any atom is -0.319 e. The fourth-order valence-corrected chi connectivity index (χ4v) is 2.35. The number of nitrogens with one attached hydrogen (secondary N) is 2. The van der Waals surface area contributed by atoms with Crippen LogP contribution < -0.4 is 10.6 Å². The molecule has 0 spiro atoms. The van der Waals surface area contributed by atoms with Crippen LogP contribution in [0, 0.1) is 24.0 Å². The minimum absolute atomic E-state index is 0.0581. The molecule has 0 aliphatic carbocycles.